The van der Waals surface area contributed by atoms with Gasteiger partial charge in [0, 0.05) is 18.0 Å². The number of rotatable bonds is 5. The fraction of sp³-hybridized carbons (Fsp3) is 0.400. The predicted molar refractivity (Wildman–Crippen MR) is 103 cm³/mol. The molecule has 0 saturated carbocycles. The van der Waals surface area contributed by atoms with Crippen LogP contribution in [-0.2, 0) is 16.1 Å². The monoisotopic (exact) mass is 372 g/mol. The van der Waals surface area contributed by atoms with Gasteiger partial charge in [0.1, 0.15) is 12.4 Å². The largest absolute Gasteiger partial charge is 0.487 e. The third-order valence-corrected chi connectivity index (χ3v) is 5.04. The summed E-state index contributed by atoms with van der Waals surface area (Å²) in [4.78, 5) is 18.7. The highest BCUT2D eigenvalue weighted by molar-refractivity contribution is 7.09. The van der Waals surface area contributed by atoms with E-state index in [4.69, 9.17) is 9.47 Å². The van der Waals surface area contributed by atoms with Crippen LogP contribution in [-0.4, -0.2) is 41.1 Å². The molecule has 1 aliphatic heterocycles. The number of carbonyl (C=O) groups is 1. The molecule has 0 N–H and O–H groups in total. The molecule has 3 rings (SSSR count). The van der Waals surface area contributed by atoms with E-state index in [9.17, 15) is 4.79 Å². The molecule has 1 aliphatic rings. The number of aryl methyl sites for hydroxylation is 1. The molecule has 2 aromatic rings. The summed E-state index contributed by atoms with van der Waals surface area (Å²) < 4.78 is 11.4. The second kappa shape index (κ2) is 8.47. The van der Waals surface area contributed by atoms with E-state index in [2.05, 4.69) is 4.98 Å². The minimum Gasteiger partial charge on any atom is -0.487 e. The standard InChI is InChI=1S/C20H24N2O3S/c1-14-11-24-15(2)10-22(14)20(23)8-7-17-5-4-6-19(9-17)25-12-18-13-26-16(3)21-18/h4-9,13-15H,10-12H2,1-3H3/b8-7+. The fourth-order valence-electron chi connectivity index (χ4n) is 2.81. The number of carbonyl (C=O) groups excluding carboxylic acids is 1. The number of nitrogens with zero attached hydrogens (tertiary/aromatic N) is 2. The summed E-state index contributed by atoms with van der Waals surface area (Å²) in [5, 5.41) is 3.04. The van der Waals surface area contributed by atoms with Gasteiger partial charge in [0.05, 0.1) is 29.5 Å². The van der Waals surface area contributed by atoms with Crippen molar-refractivity contribution >= 4 is 23.3 Å². The lowest BCUT2D eigenvalue weighted by atomic mass is 10.1. The number of morpholine rings is 1. The molecule has 2 heterocycles. The Labute approximate surface area is 158 Å². The van der Waals surface area contributed by atoms with Crippen molar-refractivity contribution in [3.8, 4) is 5.75 Å². The minimum absolute atomic E-state index is 0.0110. The average molecular weight is 372 g/mol. The molecule has 2 unspecified atom stereocenters. The van der Waals surface area contributed by atoms with Gasteiger partial charge in [-0.3, -0.25) is 4.79 Å². The first-order valence-electron chi connectivity index (χ1n) is 8.75. The van der Waals surface area contributed by atoms with Crippen molar-refractivity contribution in [3.63, 3.8) is 0 Å². The van der Waals surface area contributed by atoms with Crippen LogP contribution < -0.4 is 4.74 Å². The topological polar surface area (TPSA) is 51.7 Å². The predicted octanol–water partition coefficient (Wildman–Crippen LogP) is 3.68. The molecule has 1 amide bonds. The molecule has 26 heavy (non-hydrogen) atoms. The van der Waals surface area contributed by atoms with Crippen molar-refractivity contribution in [1.82, 2.24) is 9.88 Å². The highest BCUT2D eigenvalue weighted by Gasteiger charge is 2.25. The molecule has 1 saturated heterocycles. The van der Waals surface area contributed by atoms with Crippen LogP contribution in [0, 0.1) is 6.92 Å². The van der Waals surface area contributed by atoms with Gasteiger partial charge in [0.2, 0.25) is 5.91 Å². The Balaban J connectivity index is 1.60. The molecule has 0 radical (unpaired) electrons. The number of ether oxygens (including phenoxy) is 2. The third kappa shape index (κ3) is 4.93. The van der Waals surface area contributed by atoms with Gasteiger partial charge in [0.15, 0.2) is 0 Å². The second-order valence-electron chi connectivity index (χ2n) is 6.54. The van der Waals surface area contributed by atoms with E-state index in [1.165, 1.54) is 0 Å². The molecule has 1 fully saturated rings. The first-order valence-corrected chi connectivity index (χ1v) is 9.63. The molecule has 5 nitrogen and oxygen atoms in total. The first kappa shape index (κ1) is 18.6. The highest BCUT2D eigenvalue weighted by Crippen LogP contribution is 2.18. The van der Waals surface area contributed by atoms with Gasteiger partial charge in [-0.25, -0.2) is 4.98 Å². The number of hydrogen-bond donors (Lipinski definition) is 0. The van der Waals surface area contributed by atoms with E-state index < -0.39 is 0 Å². The molecule has 0 spiro atoms. The van der Waals surface area contributed by atoms with Crippen LogP contribution in [0.2, 0.25) is 0 Å². The molecule has 0 bridgehead atoms. The Morgan fingerprint density at radius 2 is 2.31 bits per heavy atom. The summed E-state index contributed by atoms with van der Waals surface area (Å²) in [5.74, 6) is 0.774. The van der Waals surface area contributed by atoms with E-state index in [1.54, 1.807) is 17.4 Å². The second-order valence-corrected chi connectivity index (χ2v) is 7.60. The molecule has 6 heteroatoms. The van der Waals surface area contributed by atoms with Crippen molar-refractivity contribution in [2.75, 3.05) is 13.2 Å². The Hall–Kier alpha value is -2.18. The summed E-state index contributed by atoms with van der Waals surface area (Å²) >= 11 is 1.61. The van der Waals surface area contributed by atoms with Crippen molar-refractivity contribution in [1.29, 1.82) is 0 Å². The van der Waals surface area contributed by atoms with Crippen LogP contribution in [0.25, 0.3) is 6.08 Å². The summed E-state index contributed by atoms with van der Waals surface area (Å²) in [7, 11) is 0. The first-order chi connectivity index (χ1) is 12.5. The highest BCUT2D eigenvalue weighted by atomic mass is 32.1. The van der Waals surface area contributed by atoms with Gasteiger partial charge in [-0.05, 0) is 44.5 Å². The number of benzene rings is 1. The maximum Gasteiger partial charge on any atom is 0.246 e. The Morgan fingerprint density at radius 3 is 3.08 bits per heavy atom. The number of aromatic nitrogens is 1. The normalized spacial score (nSPS) is 20.5. The van der Waals surface area contributed by atoms with Gasteiger partial charge in [-0.1, -0.05) is 12.1 Å². The van der Waals surface area contributed by atoms with Crippen molar-refractivity contribution in [3.05, 3.63) is 52.0 Å². The van der Waals surface area contributed by atoms with Crippen molar-refractivity contribution < 1.29 is 14.3 Å². The Morgan fingerprint density at radius 1 is 1.46 bits per heavy atom. The van der Waals surface area contributed by atoms with Gasteiger partial charge in [0.25, 0.3) is 0 Å². The van der Waals surface area contributed by atoms with E-state index in [0.717, 1.165) is 22.0 Å². The zero-order valence-corrected chi connectivity index (χ0v) is 16.2. The molecule has 1 aromatic heterocycles. The van der Waals surface area contributed by atoms with Gasteiger partial charge in [-0.2, -0.15) is 0 Å². The molecular formula is C20H24N2O3S. The quantitative estimate of drug-likeness (QED) is 0.752. The summed E-state index contributed by atoms with van der Waals surface area (Å²) in [6, 6.07) is 7.80. The van der Waals surface area contributed by atoms with E-state index in [-0.39, 0.29) is 18.1 Å². The van der Waals surface area contributed by atoms with Crippen LogP contribution >= 0.6 is 11.3 Å². The Bertz CT molecular complexity index is 787. The Kier molecular flexibility index (Phi) is 6.06. The smallest absolute Gasteiger partial charge is 0.246 e. The zero-order chi connectivity index (χ0) is 18.5. The van der Waals surface area contributed by atoms with E-state index in [0.29, 0.717) is 19.8 Å². The number of amides is 1. The lowest BCUT2D eigenvalue weighted by molar-refractivity contribution is -0.137. The molecular weight excluding hydrogens is 348 g/mol. The maximum atomic E-state index is 12.5. The molecule has 0 aliphatic carbocycles. The van der Waals surface area contributed by atoms with Gasteiger partial charge in [-0.15, -0.1) is 11.3 Å². The maximum absolute atomic E-state index is 12.5. The molecule has 1 aromatic carbocycles. The summed E-state index contributed by atoms with van der Waals surface area (Å²) in [5.41, 5.74) is 1.86. The summed E-state index contributed by atoms with van der Waals surface area (Å²) in [6.07, 6.45) is 3.53. The number of thiazole rings is 1. The van der Waals surface area contributed by atoms with Crippen LogP contribution in [0.4, 0.5) is 0 Å². The van der Waals surface area contributed by atoms with E-state index in [1.807, 2.05) is 61.4 Å². The average Bonchev–Trinajstić information content (AvgIpc) is 3.06. The van der Waals surface area contributed by atoms with Crippen LogP contribution in [0.1, 0.15) is 30.1 Å². The molecule has 2 atom stereocenters. The van der Waals surface area contributed by atoms with Crippen molar-refractivity contribution in [2.45, 2.75) is 39.5 Å². The summed E-state index contributed by atoms with van der Waals surface area (Å²) in [6.45, 7) is 7.62. The fourth-order valence-corrected chi connectivity index (χ4v) is 3.41. The van der Waals surface area contributed by atoms with E-state index >= 15 is 0 Å². The minimum atomic E-state index is 0.0110. The van der Waals surface area contributed by atoms with Crippen molar-refractivity contribution in [2.24, 2.45) is 0 Å². The van der Waals surface area contributed by atoms with Gasteiger partial charge >= 0.3 is 0 Å². The van der Waals surface area contributed by atoms with Crippen LogP contribution in [0.15, 0.2) is 35.7 Å². The van der Waals surface area contributed by atoms with Crippen LogP contribution in [0.5, 0.6) is 5.75 Å². The third-order valence-electron chi connectivity index (χ3n) is 4.22. The lowest BCUT2D eigenvalue weighted by Gasteiger charge is -2.36. The lowest BCUT2D eigenvalue weighted by Crippen LogP contribution is -2.49. The van der Waals surface area contributed by atoms with Gasteiger partial charge < -0.3 is 14.4 Å². The zero-order valence-electron chi connectivity index (χ0n) is 15.3. The van der Waals surface area contributed by atoms with Crippen LogP contribution in [0.3, 0.4) is 0 Å². The number of hydrogen-bond acceptors (Lipinski definition) is 5. The SMILES string of the molecule is Cc1nc(COc2cccc(/C=C/C(=O)N3CC(C)OCC3C)c2)cs1. The molecule has 138 valence electrons.